The van der Waals surface area contributed by atoms with E-state index in [2.05, 4.69) is 15.5 Å². The Hall–Kier alpha value is -3.43. The van der Waals surface area contributed by atoms with Crippen LogP contribution in [-0.4, -0.2) is 68.6 Å². The van der Waals surface area contributed by atoms with Crippen LogP contribution in [0.4, 0.5) is 4.79 Å². The van der Waals surface area contributed by atoms with Gasteiger partial charge in [-0.05, 0) is 37.3 Å². The highest BCUT2D eigenvalue weighted by Gasteiger charge is 2.27. The molecule has 170 valence electrons. The number of H-pyrrole nitrogens is 1. The molecule has 0 unspecified atom stereocenters. The van der Waals surface area contributed by atoms with Gasteiger partial charge in [0.1, 0.15) is 5.82 Å². The maximum atomic E-state index is 12.6. The number of benzene rings is 1. The standard InChI is InChI=1S/C22H28N6O4/c1-15-4-2-3-5-17(15)28-18(24-25-22(28)32)14-16-6-10-26(11-7-16)20(30)9-13-27-12-8-19(29)23-21(27)31/h2-5,16H,6-14H2,1H3,(H,25,32)(H,23,29,31). The molecular weight excluding hydrogens is 412 g/mol. The number of rotatable bonds is 6. The summed E-state index contributed by atoms with van der Waals surface area (Å²) in [4.78, 5) is 51.3. The van der Waals surface area contributed by atoms with E-state index in [0.29, 0.717) is 44.3 Å². The minimum absolute atomic E-state index is 0.0183. The van der Waals surface area contributed by atoms with E-state index < -0.39 is 6.03 Å². The van der Waals surface area contributed by atoms with Crippen molar-refractivity contribution >= 4 is 17.8 Å². The SMILES string of the molecule is Cc1ccccc1-n1c(CC2CCN(C(=O)CCN3CCC(=O)NC3=O)CC2)n[nH]c1=O. The Kier molecular flexibility index (Phi) is 6.38. The topological polar surface area (TPSA) is 120 Å². The predicted molar refractivity (Wildman–Crippen MR) is 116 cm³/mol. The number of likely N-dealkylation sites (tertiary alicyclic amines) is 1. The first-order valence-electron chi connectivity index (χ1n) is 11.0. The van der Waals surface area contributed by atoms with Crippen LogP contribution in [0, 0.1) is 12.8 Å². The van der Waals surface area contributed by atoms with Crippen LogP contribution >= 0.6 is 0 Å². The first-order valence-corrected chi connectivity index (χ1v) is 11.0. The largest absolute Gasteiger partial charge is 0.347 e. The molecule has 2 fully saturated rings. The van der Waals surface area contributed by atoms with Gasteiger partial charge in [-0.3, -0.25) is 14.9 Å². The summed E-state index contributed by atoms with van der Waals surface area (Å²) in [5, 5.41) is 9.09. The number of hydrogen-bond donors (Lipinski definition) is 2. The summed E-state index contributed by atoms with van der Waals surface area (Å²) in [5.41, 5.74) is 1.59. The van der Waals surface area contributed by atoms with Gasteiger partial charge >= 0.3 is 11.7 Å². The summed E-state index contributed by atoms with van der Waals surface area (Å²) in [7, 11) is 0. The molecule has 3 heterocycles. The van der Waals surface area contributed by atoms with Crippen LogP contribution in [0.1, 0.15) is 37.1 Å². The van der Waals surface area contributed by atoms with Gasteiger partial charge < -0.3 is 9.80 Å². The third kappa shape index (κ3) is 4.74. The van der Waals surface area contributed by atoms with E-state index in [1.54, 1.807) is 4.57 Å². The number of nitrogens with one attached hydrogen (secondary N) is 2. The normalized spacial score (nSPS) is 17.5. The molecule has 4 rings (SSSR count). The van der Waals surface area contributed by atoms with Crippen LogP contribution in [0.2, 0.25) is 0 Å². The highest BCUT2D eigenvalue weighted by atomic mass is 16.2. The number of aryl methyl sites for hydroxylation is 1. The zero-order chi connectivity index (χ0) is 22.7. The quantitative estimate of drug-likeness (QED) is 0.694. The van der Waals surface area contributed by atoms with Gasteiger partial charge in [-0.25, -0.2) is 19.3 Å². The fourth-order valence-electron chi connectivity index (χ4n) is 4.37. The summed E-state index contributed by atoms with van der Waals surface area (Å²) in [5.74, 6) is 0.782. The average molecular weight is 441 g/mol. The van der Waals surface area contributed by atoms with Crippen molar-refractivity contribution in [3.05, 3.63) is 46.1 Å². The Labute approximate surface area is 185 Å². The summed E-state index contributed by atoms with van der Waals surface area (Å²) < 4.78 is 1.64. The van der Waals surface area contributed by atoms with Crippen molar-refractivity contribution in [2.24, 2.45) is 5.92 Å². The molecule has 0 radical (unpaired) electrons. The van der Waals surface area contributed by atoms with Crippen LogP contribution in [0.3, 0.4) is 0 Å². The van der Waals surface area contributed by atoms with Crippen molar-refractivity contribution in [1.82, 2.24) is 29.9 Å². The minimum Gasteiger partial charge on any atom is -0.343 e. The Morgan fingerprint density at radius 2 is 1.88 bits per heavy atom. The van der Waals surface area contributed by atoms with E-state index in [4.69, 9.17) is 0 Å². The number of amides is 4. The van der Waals surface area contributed by atoms with Crippen molar-refractivity contribution in [2.45, 2.75) is 39.0 Å². The lowest BCUT2D eigenvalue weighted by atomic mass is 9.93. The number of hydrogen-bond acceptors (Lipinski definition) is 5. The lowest BCUT2D eigenvalue weighted by molar-refractivity contribution is -0.132. The summed E-state index contributed by atoms with van der Waals surface area (Å²) in [6.07, 6.45) is 2.85. The van der Waals surface area contributed by atoms with Gasteiger partial charge in [0.2, 0.25) is 11.8 Å². The first-order chi connectivity index (χ1) is 15.4. The van der Waals surface area contributed by atoms with Gasteiger partial charge in [0.25, 0.3) is 0 Å². The Morgan fingerprint density at radius 3 is 2.59 bits per heavy atom. The van der Waals surface area contributed by atoms with E-state index >= 15 is 0 Å². The predicted octanol–water partition coefficient (Wildman–Crippen LogP) is 0.982. The molecule has 2 aliphatic heterocycles. The number of para-hydroxylation sites is 1. The van der Waals surface area contributed by atoms with Crippen molar-refractivity contribution in [2.75, 3.05) is 26.2 Å². The second-order valence-electron chi connectivity index (χ2n) is 8.44. The van der Waals surface area contributed by atoms with Gasteiger partial charge in [-0.2, -0.15) is 5.10 Å². The summed E-state index contributed by atoms with van der Waals surface area (Å²) in [6.45, 7) is 3.93. The van der Waals surface area contributed by atoms with E-state index in [1.165, 1.54) is 4.90 Å². The van der Waals surface area contributed by atoms with Crippen molar-refractivity contribution < 1.29 is 14.4 Å². The fraction of sp³-hybridized carbons (Fsp3) is 0.500. The third-order valence-corrected chi connectivity index (χ3v) is 6.27. The maximum absolute atomic E-state index is 12.6. The van der Waals surface area contributed by atoms with E-state index in [-0.39, 0.29) is 30.3 Å². The summed E-state index contributed by atoms with van der Waals surface area (Å²) in [6, 6.07) is 7.30. The monoisotopic (exact) mass is 440 g/mol. The second kappa shape index (κ2) is 9.37. The molecule has 2 aliphatic rings. The lowest BCUT2D eigenvalue weighted by Crippen LogP contribution is -2.50. The van der Waals surface area contributed by atoms with Crippen LogP contribution in [-0.2, 0) is 16.0 Å². The highest BCUT2D eigenvalue weighted by Crippen LogP contribution is 2.23. The van der Waals surface area contributed by atoms with Crippen molar-refractivity contribution in [1.29, 1.82) is 0 Å². The van der Waals surface area contributed by atoms with E-state index in [9.17, 15) is 19.2 Å². The highest BCUT2D eigenvalue weighted by molar-refractivity contribution is 5.96. The molecule has 2 saturated heterocycles. The first kappa shape index (κ1) is 21.8. The molecule has 1 aromatic heterocycles. The molecule has 4 amide bonds. The molecule has 2 aromatic rings. The molecule has 0 saturated carbocycles. The number of carbonyl (C=O) groups is 3. The zero-order valence-electron chi connectivity index (χ0n) is 18.2. The van der Waals surface area contributed by atoms with Gasteiger partial charge in [-0.15, -0.1) is 0 Å². The fourth-order valence-corrected chi connectivity index (χ4v) is 4.37. The minimum atomic E-state index is -0.425. The number of piperidine rings is 1. The van der Waals surface area contributed by atoms with Crippen LogP contribution in [0.15, 0.2) is 29.1 Å². The Morgan fingerprint density at radius 1 is 1.12 bits per heavy atom. The van der Waals surface area contributed by atoms with Gasteiger partial charge in [0, 0.05) is 45.4 Å². The Bertz CT molecular complexity index is 1070. The van der Waals surface area contributed by atoms with E-state index in [0.717, 1.165) is 24.1 Å². The average Bonchev–Trinajstić information content (AvgIpc) is 3.13. The smallest absolute Gasteiger partial charge is 0.343 e. The number of urea groups is 1. The van der Waals surface area contributed by atoms with Crippen LogP contribution < -0.4 is 11.0 Å². The molecule has 1 aromatic carbocycles. The molecule has 10 heteroatoms. The molecule has 2 N–H and O–H groups in total. The zero-order valence-corrected chi connectivity index (χ0v) is 18.2. The molecule has 0 spiro atoms. The number of aromatic amines is 1. The molecule has 10 nitrogen and oxygen atoms in total. The Balaban J connectivity index is 1.30. The van der Waals surface area contributed by atoms with Crippen LogP contribution in [0.5, 0.6) is 0 Å². The van der Waals surface area contributed by atoms with Gasteiger partial charge in [-0.1, -0.05) is 18.2 Å². The van der Waals surface area contributed by atoms with E-state index in [1.807, 2.05) is 36.1 Å². The molecule has 0 aliphatic carbocycles. The van der Waals surface area contributed by atoms with Crippen molar-refractivity contribution in [3.8, 4) is 5.69 Å². The van der Waals surface area contributed by atoms with Gasteiger partial charge in [0.15, 0.2) is 0 Å². The molecule has 0 bridgehead atoms. The van der Waals surface area contributed by atoms with Gasteiger partial charge in [0.05, 0.1) is 5.69 Å². The summed E-state index contributed by atoms with van der Waals surface area (Å²) >= 11 is 0. The number of carbonyl (C=O) groups excluding carboxylic acids is 3. The third-order valence-electron chi connectivity index (χ3n) is 6.27. The maximum Gasteiger partial charge on any atom is 0.347 e. The number of aromatic nitrogens is 3. The van der Waals surface area contributed by atoms with Crippen LogP contribution in [0.25, 0.3) is 5.69 Å². The number of nitrogens with zero attached hydrogens (tertiary/aromatic N) is 4. The second-order valence-corrected chi connectivity index (χ2v) is 8.44. The van der Waals surface area contributed by atoms with Crippen molar-refractivity contribution in [3.63, 3.8) is 0 Å². The number of imide groups is 1. The molecule has 0 atom stereocenters. The molecular formula is C22H28N6O4. The lowest BCUT2D eigenvalue weighted by Gasteiger charge is -2.33. The molecule has 32 heavy (non-hydrogen) atoms.